The minimum atomic E-state index is -0.306. The highest BCUT2D eigenvalue weighted by Crippen LogP contribution is 2.25. The molecule has 0 radical (unpaired) electrons. The number of amides is 2. The highest BCUT2D eigenvalue weighted by molar-refractivity contribution is 5.93. The Morgan fingerprint density at radius 2 is 1.56 bits per heavy atom. The molecule has 0 unspecified atom stereocenters. The van der Waals surface area contributed by atoms with Gasteiger partial charge < -0.3 is 19.2 Å². The number of rotatable bonds is 5. The van der Waals surface area contributed by atoms with Gasteiger partial charge in [-0.3, -0.25) is 9.59 Å². The topological polar surface area (TPSA) is 82.8 Å². The Hall–Kier alpha value is -3.94. The van der Waals surface area contributed by atoms with E-state index in [9.17, 15) is 9.59 Å². The summed E-state index contributed by atoms with van der Waals surface area (Å²) in [7, 11) is 0. The van der Waals surface area contributed by atoms with Gasteiger partial charge in [-0.25, -0.2) is 0 Å². The number of benzene rings is 2. The molecule has 2 amide bonds. The standard InChI is InChI=1S/C28H31N5O3/c1-21-13-15-31(16-14-21)24-10-8-23(9-11-24)26-29-27(36-30-26)28(35)33-19-17-32(18-20-33)25(34)12-7-22-5-3-2-4-6-22/h2-12,21H,13-20H2,1H3. The van der Waals surface area contributed by atoms with Crippen molar-refractivity contribution in [3.63, 3.8) is 0 Å². The fourth-order valence-electron chi connectivity index (χ4n) is 4.62. The molecule has 0 aliphatic carbocycles. The molecule has 1 aromatic heterocycles. The van der Waals surface area contributed by atoms with Crippen molar-refractivity contribution in [2.45, 2.75) is 19.8 Å². The maximum atomic E-state index is 12.9. The van der Waals surface area contributed by atoms with Crippen LogP contribution in [0.4, 0.5) is 5.69 Å². The number of carbonyl (C=O) groups is 2. The SMILES string of the molecule is CC1CCN(c2ccc(-c3noc(C(=O)N4CCN(C(=O)C=Cc5ccccc5)CC4)n3)cc2)CC1. The van der Waals surface area contributed by atoms with Crippen molar-refractivity contribution in [1.29, 1.82) is 0 Å². The van der Waals surface area contributed by atoms with Gasteiger partial charge in [-0.2, -0.15) is 4.98 Å². The summed E-state index contributed by atoms with van der Waals surface area (Å²) in [5.41, 5.74) is 2.98. The van der Waals surface area contributed by atoms with Crippen LogP contribution in [0, 0.1) is 5.92 Å². The molecule has 36 heavy (non-hydrogen) atoms. The quantitative estimate of drug-likeness (QED) is 0.509. The molecule has 2 fully saturated rings. The van der Waals surface area contributed by atoms with Crippen LogP contribution in [-0.4, -0.2) is 71.0 Å². The van der Waals surface area contributed by atoms with Gasteiger partial charge in [0.1, 0.15) is 0 Å². The molecule has 8 nitrogen and oxygen atoms in total. The Morgan fingerprint density at radius 1 is 0.889 bits per heavy atom. The predicted molar refractivity (Wildman–Crippen MR) is 138 cm³/mol. The molecule has 3 aromatic rings. The number of piperidine rings is 1. The molecule has 0 N–H and O–H groups in total. The number of hydrogen-bond acceptors (Lipinski definition) is 6. The van der Waals surface area contributed by atoms with Crippen LogP contribution >= 0.6 is 0 Å². The summed E-state index contributed by atoms with van der Waals surface area (Å²) in [6, 6.07) is 17.8. The lowest BCUT2D eigenvalue weighted by molar-refractivity contribution is -0.127. The minimum Gasteiger partial charge on any atom is -0.372 e. The van der Waals surface area contributed by atoms with E-state index >= 15 is 0 Å². The largest absolute Gasteiger partial charge is 0.372 e. The van der Waals surface area contributed by atoms with Crippen LogP contribution in [0.1, 0.15) is 36.0 Å². The number of nitrogens with zero attached hydrogens (tertiary/aromatic N) is 5. The van der Waals surface area contributed by atoms with Gasteiger partial charge in [-0.15, -0.1) is 0 Å². The van der Waals surface area contributed by atoms with E-state index in [1.165, 1.54) is 18.5 Å². The van der Waals surface area contributed by atoms with Gasteiger partial charge >= 0.3 is 11.8 Å². The number of carbonyl (C=O) groups excluding carboxylic acids is 2. The van der Waals surface area contributed by atoms with Crippen LogP contribution < -0.4 is 4.90 Å². The number of hydrogen-bond donors (Lipinski definition) is 0. The number of anilines is 1. The second-order valence-corrected chi connectivity index (χ2v) is 9.50. The van der Waals surface area contributed by atoms with Gasteiger partial charge in [0.05, 0.1) is 0 Å². The third-order valence-electron chi connectivity index (χ3n) is 6.98. The maximum absolute atomic E-state index is 12.9. The molecule has 186 valence electrons. The zero-order valence-electron chi connectivity index (χ0n) is 20.5. The Morgan fingerprint density at radius 3 is 2.25 bits per heavy atom. The molecule has 0 saturated carbocycles. The zero-order valence-corrected chi connectivity index (χ0v) is 20.5. The van der Waals surface area contributed by atoms with Crippen LogP contribution in [0.2, 0.25) is 0 Å². The average Bonchev–Trinajstić information content (AvgIpc) is 3.43. The average molecular weight is 486 g/mol. The maximum Gasteiger partial charge on any atom is 0.316 e. The van der Waals surface area contributed by atoms with Crippen molar-refractivity contribution in [1.82, 2.24) is 19.9 Å². The summed E-state index contributed by atoms with van der Waals surface area (Å²) in [6.45, 7) is 6.21. The van der Waals surface area contributed by atoms with Gasteiger partial charge in [0.15, 0.2) is 0 Å². The number of aromatic nitrogens is 2. The van der Waals surface area contributed by atoms with Gasteiger partial charge in [0.2, 0.25) is 11.7 Å². The van der Waals surface area contributed by atoms with E-state index in [-0.39, 0.29) is 17.7 Å². The van der Waals surface area contributed by atoms with E-state index < -0.39 is 0 Å². The van der Waals surface area contributed by atoms with Crippen molar-refractivity contribution < 1.29 is 14.1 Å². The van der Waals surface area contributed by atoms with Crippen molar-refractivity contribution in [2.24, 2.45) is 5.92 Å². The summed E-state index contributed by atoms with van der Waals surface area (Å²) in [6.07, 6.45) is 5.81. The van der Waals surface area contributed by atoms with E-state index in [1.807, 2.05) is 42.5 Å². The monoisotopic (exact) mass is 485 g/mol. The molecule has 0 spiro atoms. The summed E-state index contributed by atoms with van der Waals surface area (Å²) in [5.74, 6) is 0.795. The highest BCUT2D eigenvalue weighted by Gasteiger charge is 2.27. The third-order valence-corrected chi connectivity index (χ3v) is 6.98. The van der Waals surface area contributed by atoms with Crippen molar-refractivity contribution in [2.75, 3.05) is 44.2 Å². The smallest absolute Gasteiger partial charge is 0.316 e. The molecular weight excluding hydrogens is 454 g/mol. The zero-order chi connectivity index (χ0) is 24.9. The lowest BCUT2D eigenvalue weighted by Gasteiger charge is -2.33. The number of piperazine rings is 1. The van der Waals surface area contributed by atoms with E-state index in [0.29, 0.717) is 32.0 Å². The lowest BCUT2D eigenvalue weighted by Crippen LogP contribution is -2.50. The molecular formula is C28H31N5O3. The summed E-state index contributed by atoms with van der Waals surface area (Å²) in [4.78, 5) is 35.6. The van der Waals surface area contributed by atoms with E-state index in [4.69, 9.17) is 4.52 Å². The molecule has 2 saturated heterocycles. The molecule has 5 rings (SSSR count). The molecule has 2 aliphatic heterocycles. The Bertz CT molecular complexity index is 1210. The van der Waals surface area contributed by atoms with E-state index in [1.54, 1.807) is 22.0 Å². The van der Waals surface area contributed by atoms with Crippen LogP contribution in [0.5, 0.6) is 0 Å². The summed E-state index contributed by atoms with van der Waals surface area (Å²) < 4.78 is 5.30. The van der Waals surface area contributed by atoms with Crippen molar-refractivity contribution in [3.8, 4) is 11.4 Å². The van der Waals surface area contributed by atoms with Crippen LogP contribution in [-0.2, 0) is 4.79 Å². The predicted octanol–water partition coefficient (Wildman–Crippen LogP) is 3.97. The van der Waals surface area contributed by atoms with Crippen molar-refractivity contribution >= 4 is 23.6 Å². The molecule has 2 aromatic carbocycles. The fraction of sp³-hybridized carbons (Fsp3) is 0.357. The van der Waals surface area contributed by atoms with Crippen LogP contribution in [0.3, 0.4) is 0 Å². The first-order valence-electron chi connectivity index (χ1n) is 12.6. The fourth-order valence-corrected chi connectivity index (χ4v) is 4.62. The summed E-state index contributed by atoms with van der Waals surface area (Å²) in [5, 5.41) is 4.03. The second-order valence-electron chi connectivity index (χ2n) is 9.50. The molecule has 0 bridgehead atoms. The minimum absolute atomic E-state index is 0.0251. The van der Waals surface area contributed by atoms with Gasteiger partial charge in [0.25, 0.3) is 0 Å². The molecule has 3 heterocycles. The molecule has 8 heteroatoms. The van der Waals surface area contributed by atoms with Gasteiger partial charge in [-0.05, 0) is 54.7 Å². The first kappa shape index (κ1) is 23.8. The van der Waals surface area contributed by atoms with Crippen molar-refractivity contribution in [3.05, 3.63) is 72.1 Å². The van der Waals surface area contributed by atoms with Crippen LogP contribution in [0.25, 0.3) is 17.5 Å². The van der Waals surface area contributed by atoms with Gasteiger partial charge in [-0.1, -0.05) is 42.4 Å². The first-order valence-corrected chi connectivity index (χ1v) is 12.6. The third kappa shape index (κ3) is 5.48. The lowest BCUT2D eigenvalue weighted by atomic mass is 9.98. The Kier molecular flexibility index (Phi) is 7.11. The Labute approximate surface area is 211 Å². The highest BCUT2D eigenvalue weighted by atomic mass is 16.5. The normalized spacial score (nSPS) is 17.1. The Balaban J connectivity index is 1.15. The first-order chi connectivity index (χ1) is 17.6. The molecule has 2 aliphatic rings. The van der Waals surface area contributed by atoms with Crippen LogP contribution in [0.15, 0.2) is 65.2 Å². The summed E-state index contributed by atoms with van der Waals surface area (Å²) >= 11 is 0. The van der Waals surface area contributed by atoms with Gasteiger partial charge in [0, 0.05) is 56.6 Å². The molecule has 0 atom stereocenters. The second kappa shape index (κ2) is 10.8. The van der Waals surface area contributed by atoms with E-state index in [0.717, 1.165) is 30.1 Å². The van der Waals surface area contributed by atoms with E-state index in [2.05, 4.69) is 34.1 Å².